The first-order valence-electron chi connectivity index (χ1n) is 13.2. The van der Waals surface area contributed by atoms with E-state index in [9.17, 15) is 9.18 Å². The van der Waals surface area contributed by atoms with Gasteiger partial charge in [-0.05, 0) is 63.1 Å². The summed E-state index contributed by atoms with van der Waals surface area (Å²) in [6, 6.07) is 20.1. The number of aromatic nitrogens is 5. The van der Waals surface area contributed by atoms with Crippen molar-refractivity contribution in [1.29, 1.82) is 0 Å². The molecule has 0 radical (unpaired) electrons. The van der Waals surface area contributed by atoms with Crippen LogP contribution in [-0.2, 0) is 4.79 Å². The Balaban J connectivity index is 1.10. The van der Waals surface area contributed by atoms with Crippen LogP contribution in [0, 0.1) is 25.6 Å². The summed E-state index contributed by atoms with van der Waals surface area (Å²) in [5, 5.41) is 18.9. The molecule has 10 heteroatoms. The Labute approximate surface area is 235 Å². The molecule has 1 N–H and O–H groups in total. The van der Waals surface area contributed by atoms with E-state index in [4.69, 9.17) is 0 Å². The molecule has 2 aromatic carbocycles. The lowest BCUT2D eigenvalue weighted by molar-refractivity contribution is -0.120. The second-order valence-electron chi connectivity index (χ2n) is 9.90. The average Bonchev–Trinajstić information content (AvgIpc) is 3.60. The molecule has 1 saturated heterocycles. The highest BCUT2D eigenvalue weighted by Crippen LogP contribution is 2.34. The molecule has 1 aliphatic rings. The molecule has 0 atom stereocenters. The Morgan fingerprint density at radius 1 is 0.950 bits per heavy atom. The number of amides is 1. The second kappa shape index (κ2) is 11.0. The van der Waals surface area contributed by atoms with Gasteiger partial charge in [0.2, 0.25) is 5.91 Å². The molecule has 40 heavy (non-hydrogen) atoms. The highest BCUT2D eigenvalue weighted by atomic mass is 32.1. The Hall–Kier alpha value is -4.44. The molecule has 5 aromatic rings. The van der Waals surface area contributed by atoms with E-state index in [0.29, 0.717) is 53.7 Å². The summed E-state index contributed by atoms with van der Waals surface area (Å²) in [6.07, 6.45) is 1.42. The number of benzene rings is 2. The van der Waals surface area contributed by atoms with E-state index in [2.05, 4.69) is 30.5 Å². The zero-order valence-electron chi connectivity index (χ0n) is 22.2. The number of nitrogens with zero attached hydrogens (tertiary/aromatic N) is 6. The van der Waals surface area contributed by atoms with Crippen molar-refractivity contribution in [3.05, 3.63) is 89.3 Å². The predicted octanol–water partition coefficient (Wildman–Crippen LogP) is 6.06. The lowest BCUT2D eigenvalue weighted by Gasteiger charge is -2.32. The van der Waals surface area contributed by atoms with Crippen LogP contribution in [0.15, 0.2) is 72.1 Å². The van der Waals surface area contributed by atoms with Crippen LogP contribution >= 0.6 is 11.3 Å². The van der Waals surface area contributed by atoms with Crippen molar-refractivity contribution in [2.75, 3.05) is 23.3 Å². The van der Waals surface area contributed by atoms with E-state index in [-0.39, 0.29) is 17.6 Å². The molecule has 1 amide bonds. The summed E-state index contributed by atoms with van der Waals surface area (Å²) < 4.78 is 16.1. The normalized spacial score (nSPS) is 13.9. The van der Waals surface area contributed by atoms with Gasteiger partial charge >= 0.3 is 0 Å². The molecular weight excluding hydrogens is 525 g/mol. The molecule has 0 saturated carbocycles. The summed E-state index contributed by atoms with van der Waals surface area (Å²) >= 11 is 1.38. The van der Waals surface area contributed by atoms with Gasteiger partial charge in [0.1, 0.15) is 10.8 Å². The zero-order valence-corrected chi connectivity index (χ0v) is 23.0. The highest BCUT2D eigenvalue weighted by Gasteiger charge is 2.27. The third-order valence-electron chi connectivity index (χ3n) is 7.12. The zero-order chi connectivity index (χ0) is 27.6. The number of nitrogens with one attached hydrogen (secondary N) is 1. The van der Waals surface area contributed by atoms with E-state index in [1.165, 1.54) is 17.4 Å². The van der Waals surface area contributed by atoms with Crippen LogP contribution in [-0.4, -0.2) is 44.0 Å². The minimum atomic E-state index is -0.304. The van der Waals surface area contributed by atoms with Gasteiger partial charge in [0, 0.05) is 41.2 Å². The molecule has 0 aliphatic carbocycles. The lowest BCUT2D eigenvalue weighted by Crippen LogP contribution is -2.38. The van der Waals surface area contributed by atoms with Crippen LogP contribution in [0.2, 0.25) is 0 Å². The third-order valence-corrected chi connectivity index (χ3v) is 8.00. The van der Waals surface area contributed by atoms with Crippen molar-refractivity contribution in [3.8, 4) is 27.6 Å². The molecule has 6 rings (SSSR count). The number of rotatable bonds is 6. The van der Waals surface area contributed by atoms with Gasteiger partial charge in [-0.1, -0.05) is 30.3 Å². The third kappa shape index (κ3) is 5.22. The Kier molecular flexibility index (Phi) is 7.08. The average molecular weight is 554 g/mol. The quantitative estimate of drug-likeness (QED) is 0.275. The fourth-order valence-corrected chi connectivity index (χ4v) is 5.88. The first-order chi connectivity index (χ1) is 19.5. The molecule has 1 aliphatic heterocycles. The molecule has 0 spiro atoms. The molecule has 4 heterocycles. The summed E-state index contributed by atoms with van der Waals surface area (Å²) in [4.78, 5) is 20.1. The number of anilines is 2. The number of piperidine rings is 1. The van der Waals surface area contributed by atoms with Crippen LogP contribution in [0.25, 0.3) is 27.6 Å². The first kappa shape index (κ1) is 25.8. The van der Waals surface area contributed by atoms with Gasteiger partial charge < -0.3 is 10.2 Å². The molecule has 8 nitrogen and oxygen atoms in total. The van der Waals surface area contributed by atoms with E-state index in [1.807, 2.05) is 61.7 Å². The van der Waals surface area contributed by atoms with Gasteiger partial charge in [-0.15, -0.1) is 21.5 Å². The fourth-order valence-electron chi connectivity index (χ4n) is 5.04. The van der Waals surface area contributed by atoms with Gasteiger partial charge in [-0.2, -0.15) is 5.10 Å². The Bertz CT molecular complexity index is 1650. The predicted molar refractivity (Wildman–Crippen MR) is 155 cm³/mol. The number of hydrogen-bond donors (Lipinski definition) is 1. The van der Waals surface area contributed by atoms with Crippen molar-refractivity contribution in [2.45, 2.75) is 26.7 Å². The maximum absolute atomic E-state index is 14.3. The molecule has 0 bridgehead atoms. The topological polar surface area (TPSA) is 88.8 Å². The van der Waals surface area contributed by atoms with Crippen molar-refractivity contribution >= 4 is 28.7 Å². The minimum absolute atomic E-state index is 0.0115. The fraction of sp³-hybridized carbons (Fsp3) is 0.233. The molecule has 1 fully saturated rings. The van der Waals surface area contributed by atoms with Crippen LogP contribution in [0.1, 0.15) is 24.2 Å². The molecule has 202 valence electrons. The van der Waals surface area contributed by atoms with Crippen LogP contribution in [0.5, 0.6) is 0 Å². The van der Waals surface area contributed by atoms with Crippen LogP contribution in [0.3, 0.4) is 0 Å². The van der Waals surface area contributed by atoms with Gasteiger partial charge in [0.25, 0.3) is 0 Å². The number of halogens is 1. The number of thiazole rings is 1. The number of aryl methyl sites for hydroxylation is 2. The number of para-hydroxylation sites is 1. The maximum Gasteiger partial charge on any atom is 0.227 e. The van der Waals surface area contributed by atoms with E-state index in [0.717, 1.165) is 22.8 Å². The highest BCUT2D eigenvalue weighted by molar-refractivity contribution is 7.13. The van der Waals surface area contributed by atoms with E-state index >= 15 is 0 Å². The summed E-state index contributed by atoms with van der Waals surface area (Å²) in [5.74, 6) is 1.05. The van der Waals surface area contributed by atoms with Crippen molar-refractivity contribution in [3.63, 3.8) is 0 Å². The summed E-state index contributed by atoms with van der Waals surface area (Å²) in [6.45, 7) is 5.37. The van der Waals surface area contributed by atoms with Gasteiger partial charge in [-0.3, -0.25) is 4.79 Å². The van der Waals surface area contributed by atoms with Crippen molar-refractivity contribution in [2.24, 2.45) is 5.92 Å². The van der Waals surface area contributed by atoms with E-state index in [1.54, 1.807) is 22.9 Å². The Morgan fingerprint density at radius 3 is 2.35 bits per heavy atom. The molecular formula is C30H28FN7OS. The smallest absolute Gasteiger partial charge is 0.227 e. The number of carbonyl (C=O) groups is 1. The molecule has 3 aromatic heterocycles. The van der Waals surface area contributed by atoms with Crippen LogP contribution in [0.4, 0.5) is 15.9 Å². The monoisotopic (exact) mass is 553 g/mol. The SMILES string of the molecule is Cc1cc(C)n(-c2ccc(N3CCC(C(=O)Nc4ccccc4-c4csc(-c5ccccc5F)n4)CC3)nn2)n1. The lowest BCUT2D eigenvalue weighted by atomic mass is 9.95. The summed E-state index contributed by atoms with van der Waals surface area (Å²) in [7, 11) is 0. The maximum atomic E-state index is 14.3. The van der Waals surface area contributed by atoms with Gasteiger partial charge in [0.05, 0.1) is 17.1 Å². The van der Waals surface area contributed by atoms with Gasteiger partial charge in [-0.25, -0.2) is 14.1 Å². The first-order valence-corrected chi connectivity index (χ1v) is 14.1. The van der Waals surface area contributed by atoms with Crippen molar-refractivity contribution < 1.29 is 9.18 Å². The Morgan fingerprint density at radius 2 is 1.65 bits per heavy atom. The minimum Gasteiger partial charge on any atom is -0.355 e. The van der Waals surface area contributed by atoms with Gasteiger partial charge in [0.15, 0.2) is 11.6 Å². The molecule has 0 unspecified atom stereocenters. The van der Waals surface area contributed by atoms with Crippen LogP contribution < -0.4 is 10.2 Å². The second-order valence-corrected chi connectivity index (χ2v) is 10.8. The number of hydrogen-bond acceptors (Lipinski definition) is 7. The van der Waals surface area contributed by atoms with E-state index < -0.39 is 0 Å². The summed E-state index contributed by atoms with van der Waals surface area (Å²) in [5.41, 5.74) is 4.63. The standard InChI is InChI=1S/C30H28FN7OS/c1-19-17-20(2)38(36-19)28-12-11-27(34-35-28)37-15-13-21(14-16-37)29(39)32-25-10-6-4-8-23(25)26-18-40-30(33-26)22-7-3-5-9-24(22)31/h3-12,17-18,21H,13-16H2,1-2H3,(H,32,39). The largest absolute Gasteiger partial charge is 0.355 e. The number of carbonyl (C=O) groups excluding carboxylic acids is 1. The van der Waals surface area contributed by atoms with Crippen molar-refractivity contribution in [1.82, 2.24) is 25.0 Å².